The molecule has 0 spiro atoms. The summed E-state index contributed by atoms with van der Waals surface area (Å²) in [5, 5.41) is 19.9. The number of hydrogen-bond acceptors (Lipinski definition) is 4. The van der Waals surface area contributed by atoms with E-state index in [4.69, 9.17) is 4.74 Å². The van der Waals surface area contributed by atoms with Gasteiger partial charge in [0.2, 0.25) is 0 Å². The Morgan fingerprint density at radius 2 is 1.90 bits per heavy atom. The van der Waals surface area contributed by atoms with Crippen molar-refractivity contribution < 1.29 is 19.7 Å². The standard InChI is InChI=1S/C15H13BrO4/c16-13-5-6-14(12(7-13)8-17)20-9-10-1-3-11(4-2-10)15(18)19/h1-7,17H,8-9H2,(H,18,19)/p-1. The van der Waals surface area contributed by atoms with E-state index in [9.17, 15) is 15.0 Å². The molecule has 0 amide bonds. The first-order chi connectivity index (χ1) is 9.60. The number of carboxylic acids is 1. The molecular weight excluding hydrogens is 324 g/mol. The number of ether oxygens (including phenoxy) is 1. The van der Waals surface area contributed by atoms with Gasteiger partial charge < -0.3 is 19.7 Å². The lowest BCUT2D eigenvalue weighted by Gasteiger charge is -2.11. The zero-order chi connectivity index (χ0) is 14.5. The Bertz CT molecular complexity index is 608. The normalized spacial score (nSPS) is 10.3. The van der Waals surface area contributed by atoms with Crippen LogP contribution in [-0.2, 0) is 13.2 Å². The van der Waals surface area contributed by atoms with E-state index in [0.717, 1.165) is 10.0 Å². The lowest BCUT2D eigenvalue weighted by molar-refractivity contribution is -0.255. The second-order valence-electron chi connectivity index (χ2n) is 4.18. The number of aliphatic hydroxyl groups is 1. The molecule has 2 aromatic carbocycles. The lowest BCUT2D eigenvalue weighted by atomic mass is 10.1. The molecular formula is C15H12BrO4-. The van der Waals surface area contributed by atoms with Crippen molar-refractivity contribution in [3.05, 3.63) is 63.6 Å². The number of carboxylic acid groups (broad SMARTS) is 1. The lowest BCUT2D eigenvalue weighted by Crippen LogP contribution is -2.22. The zero-order valence-corrected chi connectivity index (χ0v) is 12.1. The predicted molar refractivity (Wildman–Crippen MR) is 75.2 cm³/mol. The highest BCUT2D eigenvalue weighted by Crippen LogP contribution is 2.24. The van der Waals surface area contributed by atoms with Gasteiger partial charge in [-0.1, -0.05) is 40.2 Å². The van der Waals surface area contributed by atoms with Crippen LogP contribution < -0.4 is 9.84 Å². The van der Waals surface area contributed by atoms with E-state index >= 15 is 0 Å². The van der Waals surface area contributed by atoms with Crippen molar-refractivity contribution in [3.63, 3.8) is 0 Å². The summed E-state index contributed by atoms with van der Waals surface area (Å²) in [6.07, 6.45) is 0. The van der Waals surface area contributed by atoms with Crippen LogP contribution in [0.15, 0.2) is 46.9 Å². The van der Waals surface area contributed by atoms with Crippen LogP contribution in [0.2, 0.25) is 0 Å². The average molecular weight is 336 g/mol. The number of carbonyl (C=O) groups excluding carboxylic acids is 1. The molecule has 0 heterocycles. The maximum atomic E-state index is 10.6. The van der Waals surface area contributed by atoms with Gasteiger partial charge in [0.25, 0.3) is 0 Å². The summed E-state index contributed by atoms with van der Waals surface area (Å²) >= 11 is 3.33. The molecule has 0 fully saturated rings. The van der Waals surface area contributed by atoms with Crippen molar-refractivity contribution in [1.82, 2.24) is 0 Å². The van der Waals surface area contributed by atoms with Crippen molar-refractivity contribution in [2.75, 3.05) is 0 Å². The van der Waals surface area contributed by atoms with E-state index in [-0.39, 0.29) is 12.2 Å². The first-order valence-corrected chi connectivity index (χ1v) is 6.72. The van der Waals surface area contributed by atoms with Gasteiger partial charge >= 0.3 is 0 Å². The van der Waals surface area contributed by atoms with Crippen molar-refractivity contribution in [3.8, 4) is 5.75 Å². The Hall–Kier alpha value is -1.85. The Morgan fingerprint density at radius 3 is 2.50 bits per heavy atom. The van der Waals surface area contributed by atoms with E-state index in [2.05, 4.69) is 15.9 Å². The third-order valence-corrected chi connectivity index (χ3v) is 3.27. The summed E-state index contributed by atoms with van der Waals surface area (Å²) in [5.74, 6) is -0.604. The molecule has 0 saturated heterocycles. The molecule has 0 aliphatic carbocycles. The quantitative estimate of drug-likeness (QED) is 0.905. The molecule has 5 heteroatoms. The maximum absolute atomic E-state index is 10.6. The monoisotopic (exact) mass is 335 g/mol. The molecule has 2 aromatic rings. The Morgan fingerprint density at radius 1 is 1.20 bits per heavy atom. The average Bonchev–Trinajstić information content (AvgIpc) is 2.46. The van der Waals surface area contributed by atoms with Gasteiger partial charge in [0.05, 0.1) is 12.6 Å². The van der Waals surface area contributed by atoms with Crippen molar-refractivity contribution in [2.24, 2.45) is 0 Å². The highest BCUT2D eigenvalue weighted by Gasteiger charge is 2.04. The molecule has 0 aliphatic heterocycles. The summed E-state index contributed by atoms with van der Waals surface area (Å²) in [6.45, 7) is 0.181. The molecule has 4 nitrogen and oxygen atoms in total. The van der Waals surface area contributed by atoms with E-state index in [0.29, 0.717) is 17.9 Å². The number of carbonyl (C=O) groups is 1. The molecule has 2 rings (SSSR count). The van der Waals surface area contributed by atoms with Gasteiger partial charge in [-0.15, -0.1) is 0 Å². The summed E-state index contributed by atoms with van der Waals surface area (Å²) < 4.78 is 6.49. The summed E-state index contributed by atoms with van der Waals surface area (Å²) in [5.41, 5.74) is 1.65. The van der Waals surface area contributed by atoms with Crippen LogP contribution in [0.4, 0.5) is 0 Å². The number of hydrogen-bond donors (Lipinski definition) is 1. The second kappa shape index (κ2) is 6.54. The minimum Gasteiger partial charge on any atom is -0.545 e. The van der Waals surface area contributed by atoms with E-state index in [1.165, 1.54) is 12.1 Å². The maximum Gasteiger partial charge on any atom is 0.125 e. The van der Waals surface area contributed by atoms with Gasteiger partial charge in [-0.05, 0) is 29.3 Å². The topological polar surface area (TPSA) is 69.6 Å². The number of benzene rings is 2. The van der Waals surface area contributed by atoms with Crippen LogP contribution in [0, 0.1) is 0 Å². The van der Waals surface area contributed by atoms with Crippen LogP contribution in [-0.4, -0.2) is 11.1 Å². The Labute approximate surface area is 124 Å². The largest absolute Gasteiger partial charge is 0.545 e. The number of aromatic carboxylic acids is 1. The summed E-state index contributed by atoms with van der Waals surface area (Å²) in [6, 6.07) is 11.7. The van der Waals surface area contributed by atoms with Crippen LogP contribution in [0.25, 0.3) is 0 Å². The van der Waals surface area contributed by atoms with Gasteiger partial charge in [0, 0.05) is 10.0 Å². The molecule has 1 N–H and O–H groups in total. The summed E-state index contributed by atoms with van der Waals surface area (Å²) in [4.78, 5) is 10.6. The van der Waals surface area contributed by atoms with Crippen molar-refractivity contribution >= 4 is 21.9 Å². The van der Waals surface area contributed by atoms with E-state index in [1.807, 2.05) is 6.07 Å². The highest BCUT2D eigenvalue weighted by atomic mass is 79.9. The van der Waals surface area contributed by atoms with Gasteiger partial charge in [0.15, 0.2) is 0 Å². The molecule has 0 aliphatic rings. The predicted octanol–water partition coefficient (Wildman–Crippen LogP) is 1.88. The van der Waals surface area contributed by atoms with Gasteiger partial charge in [-0.3, -0.25) is 0 Å². The minimum absolute atomic E-state index is 0.113. The van der Waals surface area contributed by atoms with Gasteiger partial charge in [-0.2, -0.15) is 0 Å². The SMILES string of the molecule is O=C([O-])c1ccc(COc2ccc(Br)cc2CO)cc1. The third kappa shape index (κ3) is 3.59. The fourth-order valence-corrected chi connectivity index (χ4v) is 2.12. The molecule has 0 unspecified atom stereocenters. The fraction of sp³-hybridized carbons (Fsp3) is 0.133. The highest BCUT2D eigenvalue weighted by molar-refractivity contribution is 9.10. The van der Waals surface area contributed by atoms with Crippen molar-refractivity contribution in [1.29, 1.82) is 0 Å². The summed E-state index contributed by atoms with van der Waals surface area (Å²) in [7, 11) is 0. The van der Waals surface area contributed by atoms with E-state index < -0.39 is 5.97 Å². The van der Waals surface area contributed by atoms with Crippen LogP contribution >= 0.6 is 15.9 Å². The first-order valence-electron chi connectivity index (χ1n) is 5.92. The molecule has 0 radical (unpaired) electrons. The molecule has 104 valence electrons. The van der Waals surface area contributed by atoms with Gasteiger partial charge in [-0.25, -0.2) is 0 Å². The molecule has 20 heavy (non-hydrogen) atoms. The zero-order valence-electron chi connectivity index (χ0n) is 10.5. The first kappa shape index (κ1) is 14.6. The number of halogens is 1. The number of aliphatic hydroxyl groups excluding tert-OH is 1. The molecule has 0 saturated carbocycles. The van der Waals surface area contributed by atoms with Crippen LogP contribution in [0.5, 0.6) is 5.75 Å². The Kier molecular flexibility index (Phi) is 4.76. The van der Waals surface area contributed by atoms with Gasteiger partial charge in [0.1, 0.15) is 12.4 Å². The number of rotatable bonds is 5. The van der Waals surface area contributed by atoms with Crippen LogP contribution in [0.1, 0.15) is 21.5 Å². The second-order valence-corrected chi connectivity index (χ2v) is 5.10. The molecule has 0 atom stereocenters. The smallest absolute Gasteiger partial charge is 0.125 e. The third-order valence-electron chi connectivity index (χ3n) is 2.78. The minimum atomic E-state index is -1.20. The van der Waals surface area contributed by atoms with E-state index in [1.54, 1.807) is 24.3 Å². The van der Waals surface area contributed by atoms with Crippen molar-refractivity contribution in [2.45, 2.75) is 13.2 Å². The van der Waals surface area contributed by atoms with Crippen LogP contribution in [0.3, 0.4) is 0 Å². The Balaban J connectivity index is 2.06. The fourth-order valence-electron chi connectivity index (χ4n) is 1.71. The molecule has 0 aromatic heterocycles. The molecule has 0 bridgehead atoms.